The van der Waals surface area contributed by atoms with Crippen LogP contribution in [-0.4, -0.2) is 20.9 Å². The fourth-order valence-electron chi connectivity index (χ4n) is 6.63. The molecule has 4 heterocycles. The van der Waals surface area contributed by atoms with Crippen molar-refractivity contribution in [3.8, 4) is 11.3 Å². The van der Waals surface area contributed by atoms with Crippen molar-refractivity contribution in [2.24, 2.45) is 16.7 Å². The summed E-state index contributed by atoms with van der Waals surface area (Å²) in [6, 6.07) is 12.8. The average molecular weight is 932 g/mol. The number of hydrogen-bond acceptors (Lipinski definition) is 7. The Morgan fingerprint density at radius 3 is 2.10 bits per heavy atom. The van der Waals surface area contributed by atoms with Gasteiger partial charge in [0.05, 0.1) is 9.40 Å². The first-order valence-corrected chi connectivity index (χ1v) is 21.0. The molecule has 281 valence electrons. The van der Waals surface area contributed by atoms with Crippen LogP contribution in [0.5, 0.6) is 0 Å². The number of benzene rings is 2. The first-order valence-electron chi connectivity index (χ1n) is 18.5. The average Bonchev–Trinajstić information content (AvgIpc) is 3.82. The summed E-state index contributed by atoms with van der Waals surface area (Å²) in [7, 11) is 0. The maximum Gasteiger partial charge on any atom is 0.164 e. The predicted molar refractivity (Wildman–Crippen MR) is 225 cm³/mol. The molecule has 0 aliphatic heterocycles. The van der Waals surface area contributed by atoms with Crippen LogP contribution in [0.25, 0.3) is 51.7 Å². The summed E-state index contributed by atoms with van der Waals surface area (Å²) in [4.78, 5) is 24.2. The number of thiophene rings is 3. The zero-order chi connectivity index (χ0) is 37.5. The second-order valence-corrected chi connectivity index (χ2v) is 19.1. The minimum atomic E-state index is -0.337. The largest absolute Gasteiger partial charge is 0.512 e. The molecule has 0 amide bonds. The molecule has 0 saturated carbocycles. The van der Waals surface area contributed by atoms with Gasteiger partial charge < -0.3 is 5.11 Å². The van der Waals surface area contributed by atoms with E-state index in [2.05, 4.69) is 77.3 Å². The Labute approximate surface area is 336 Å². The van der Waals surface area contributed by atoms with E-state index in [1.54, 1.807) is 29.0 Å². The Bertz CT molecular complexity index is 2220. The van der Waals surface area contributed by atoms with Crippen molar-refractivity contribution in [1.82, 2.24) is 9.97 Å². The Hall–Kier alpha value is -2.48. The third-order valence-corrected chi connectivity index (χ3v) is 14.5. The first-order chi connectivity index (χ1) is 24.0. The van der Waals surface area contributed by atoms with Gasteiger partial charge in [-0.2, -0.15) is 11.3 Å². The van der Waals surface area contributed by atoms with E-state index in [0.29, 0.717) is 5.92 Å². The number of aryl methyl sites for hydroxylation is 1. The molecule has 6 aromatic rings. The van der Waals surface area contributed by atoms with Gasteiger partial charge in [-0.1, -0.05) is 99.4 Å². The topological polar surface area (TPSA) is 63.1 Å². The summed E-state index contributed by atoms with van der Waals surface area (Å²) in [5, 5.41) is 17.3. The molecule has 0 fully saturated rings. The minimum absolute atomic E-state index is 0. The zero-order valence-corrected chi connectivity index (χ0v) is 37.8. The maximum atomic E-state index is 12.2. The van der Waals surface area contributed by atoms with Gasteiger partial charge in [-0.25, -0.2) is 4.98 Å². The van der Waals surface area contributed by atoms with E-state index in [9.17, 15) is 9.90 Å². The number of allylic oxidation sites excluding steroid dienone is 2. The van der Waals surface area contributed by atoms with Gasteiger partial charge in [-0.05, 0) is 76.8 Å². The van der Waals surface area contributed by atoms with Gasteiger partial charge in [0.2, 0.25) is 0 Å². The fourth-order valence-corrected chi connectivity index (χ4v) is 10.2. The van der Waals surface area contributed by atoms with E-state index in [0.717, 1.165) is 53.6 Å². The molecular weight excluding hydrogens is 877 g/mol. The molecule has 4 aromatic heterocycles. The number of carbonyl (C=O) groups is 1. The number of aliphatic hydroxyl groups is 1. The van der Waals surface area contributed by atoms with Gasteiger partial charge in [0.1, 0.15) is 16.9 Å². The molecule has 0 atom stereocenters. The van der Waals surface area contributed by atoms with Crippen LogP contribution in [0.1, 0.15) is 118 Å². The number of aliphatic hydroxyl groups excluding tert-OH is 1. The van der Waals surface area contributed by atoms with Crippen LogP contribution in [-0.2, 0) is 36.7 Å². The second kappa shape index (κ2) is 16.5. The number of nitrogens with zero attached hydrogens (tertiary/aromatic N) is 2. The number of hydrogen-bond donors (Lipinski definition) is 1. The van der Waals surface area contributed by atoms with E-state index in [-0.39, 0.29) is 47.9 Å². The van der Waals surface area contributed by atoms with Crippen molar-refractivity contribution in [2.75, 3.05) is 0 Å². The van der Waals surface area contributed by atoms with Crippen molar-refractivity contribution in [3.63, 3.8) is 0 Å². The van der Waals surface area contributed by atoms with Gasteiger partial charge in [-0.15, -0.1) is 46.3 Å². The fraction of sp³-hybridized carbons (Fsp3) is 0.477. The number of rotatable bonds is 10. The molecule has 8 heteroatoms. The zero-order valence-electron chi connectivity index (χ0n) is 33.0. The minimum Gasteiger partial charge on any atom is -0.512 e. The van der Waals surface area contributed by atoms with Gasteiger partial charge >= 0.3 is 0 Å². The Balaban J connectivity index is 0.000000289. The summed E-state index contributed by atoms with van der Waals surface area (Å²) in [6.45, 7) is 25.8. The SMILES string of the molecule is CCC(C)(CC)C(=O)/C=C(\O)C(C)(CC)CC.Cc1sc2c(ccc3c2sc2ncnc(-c4[c-]c5ccsc5c(C(C)(C)C)c4)c23)c1CC(C)C.[Ir]. The van der Waals surface area contributed by atoms with E-state index in [1.807, 2.05) is 52.9 Å². The molecule has 0 saturated heterocycles. The van der Waals surface area contributed by atoms with Crippen molar-refractivity contribution >= 4 is 80.3 Å². The number of fused-ring (bicyclic) bond motifs is 6. The molecule has 4 nitrogen and oxygen atoms in total. The standard InChI is InChI=1S/C29H27N2S3.C15H28O2.Ir/c1-15(2)11-21-16(3)33-26-19(21)7-8-20-23-24(30-14-31-28(23)34-27(20)26)18-12-17-9-10-32-25(17)22(13-18)29(4,5)6;1-7-14(5,8-2)12(16)11-13(17)15(6,9-3)10-4;/h7-10,13-15H,11H2,1-6H3;11,16H,7-10H2,1-6H3;/q-1;;/b;12-11-;. The molecule has 0 bridgehead atoms. The van der Waals surface area contributed by atoms with Crippen molar-refractivity contribution < 1.29 is 30.0 Å². The van der Waals surface area contributed by atoms with E-state index < -0.39 is 0 Å². The Morgan fingerprint density at radius 1 is 0.885 bits per heavy atom. The van der Waals surface area contributed by atoms with E-state index >= 15 is 0 Å². The van der Waals surface area contributed by atoms with Gasteiger partial charge in [0, 0.05) is 53.0 Å². The van der Waals surface area contributed by atoms with Crippen LogP contribution < -0.4 is 0 Å². The van der Waals surface area contributed by atoms with Gasteiger partial charge in [0.15, 0.2) is 5.78 Å². The summed E-state index contributed by atoms with van der Waals surface area (Å²) >= 11 is 5.54. The second-order valence-electron chi connectivity index (χ2n) is 16.0. The summed E-state index contributed by atoms with van der Waals surface area (Å²) < 4.78 is 4.06. The van der Waals surface area contributed by atoms with Gasteiger partial charge in [0.25, 0.3) is 0 Å². The molecule has 52 heavy (non-hydrogen) atoms. The normalized spacial score (nSPS) is 12.9. The Morgan fingerprint density at radius 2 is 1.50 bits per heavy atom. The summed E-state index contributed by atoms with van der Waals surface area (Å²) in [5.41, 5.74) is 4.35. The summed E-state index contributed by atoms with van der Waals surface area (Å²) in [5.74, 6) is 0.931. The Kier molecular flexibility index (Phi) is 13.4. The number of aromatic nitrogens is 2. The van der Waals surface area contributed by atoms with Crippen LogP contribution in [0, 0.1) is 29.7 Å². The van der Waals surface area contributed by atoms with Crippen molar-refractivity contribution in [2.45, 2.75) is 121 Å². The smallest absolute Gasteiger partial charge is 0.164 e. The molecule has 1 radical (unpaired) electrons. The summed E-state index contributed by atoms with van der Waals surface area (Å²) in [6.07, 6.45) is 7.60. The monoisotopic (exact) mass is 932 g/mol. The van der Waals surface area contributed by atoms with Crippen LogP contribution in [0.3, 0.4) is 0 Å². The van der Waals surface area contributed by atoms with Crippen LogP contribution in [0.2, 0.25) is 0 Å². The van der Waals surface area contributed by atoms with Crippen molar-refractivity contribution in [3.05, 3.63) is 69.9 Å². The van der Waals surface area contributed by atoms with E-state index in [1.165, 1.54) is 52.3 Å². The molecule has 0 aliphatic rings. The van der Waals surface area contributed by atoms with Gasteiger partial charge in [-0.3, -0.25) is 9.78 Å². The van der Waals surface area contributed by atoms with Crippen molar-refractivity contribution in [1.29, 1.82) is 0 Å². The molecule has 0 spiro atoms. The van der Waals surface area contributed by atoms with Crippen LogP contribution >= 0.6 is 34.0 Å². The third kappa shape index (κ3) is 8.12. The molecule has 2 aromatic carbocycles. The molecule has 0 aliphatic carbocycles. The molecule has 1 N–H and O–H groups in total. The molecule has 6 rings (SSSR count). The number of ketones is 1. The third-order valence-electron chi connectivity index (χ3n) is 11.1. The first kappa shape index (κ1) is 42.3. The van der Waals surface area contributed by atoms with Crippen LogP contribution in [0.15, 0.2) is 47.8 Å². The van der Waals surface area contributed by atoms with E-state index in [4.69, 9.17) is 9.97 Å². The quantitative estimate of drug-likeness (QED) is 0.0844. The van der Waals surface area contributed by atoms with Crippen LogP contribution in [0.4, 0.5) is 0 Å². The predicted octanol–water partition coefficient (Wildman–Crippen LogP) is 14.2. The number of carbonyl (C=O) groups excluding carboxylic acids is 1. The molecule has 0 unspecified atom stereocenters. The maximum absolute atomic E-state index is 12.2. The molecular formula is C44H55IrN2O2S3-.